The number of ether oxygens (including phenoxy) is 1. The van der Waals surface area contributed by atoms with Gasteiger partial charge in [0.25, 0.3) is 0 Å². The summed E-state index contributed by atoms with van der Waals surface area (Å²) in [4.78, 5) is 39.9. The Morgan fingerprint density at radius 1 is 1.16 bits per heavy atom. The van der Waals surface area contributed by atoms with E-state index < -0.39 is 17.9 Å². The van der Waals surface area contributed by atoms with Crippen molar-refractivity contribution >= 4 is 54.1 Å². The molecule has 8 nitrogen and oxygen atoms in total. The lowest BCUT2D eigenvalue weighted by molar-refractivity contribution is -0.140. The summed E-state index contributed by atoms with van der Waals surface area (Å²) < 4.78 is 11.1. The average Bonchev–Trinajstić information content (AvgIpc) is 2.90. The molecule has 0 saturated heterocycles. The van der Waals surface area contributed by atoms with Crippen molar-refractivity contribution in [3.05, 3.63) is 29.8 Å². The lowest BCUT2D eigenvalue weighted by atomic mass is 9.83. The first-order valence-corrected chi connectivity index (χ1v) is 17.3. The Bertz CT molecular complexity index is 833. The maximum Gasteiger partial charge on any atom is 0.247 e. The fraction of sp³-hybridized carbons (Fsp3) is 0.654. The lowest BCUT2D eigenvalue weighted by Crippen LogP contribution is -2.51. The summed E-state index contributed by atoms with van der Waals surface area (Å²) in [7, 11) is 5.55. The summed E-state index contributed by atoms with van der Waals surface area (Å²) in [5.74, 6) is -1.22. The van der Waals surface area contributed by atoms with Crippen LogP contribution in [0.15, 0.2) is 24.3 Å². The van der Waals surface area contributed by atoms with Gasteiger partial charge in [-0.3, -0.25) is 14.4 Å². The molecule has 11 heteroatoms. The van der Waals surface area contributed by atoms with Crippen molar-refractivity contribution in [2.75, 3.05) is 13.2 Å². The molecule has 2 aliphatic rings. The van der Waals surface area contributed by atoms with E-state index in [1.54, 1.807) is 0 Å². The number of carbonyl (C=O) groups excluding carboxylic acids is 3. The van der Waals surface area contributed by atoms with Gasteiger partial charge in [-0.15, -0.1) is 0 Å². The van der Waals surface area contributed by atoms with Crippen molar-refractivity contribution in [2.24, 2.45) is 11.8 Å². The molecule has 204 valence electrons. The molecule has 3 N–H and O–H groups in total. The van der Waals surface area contributed by atoms with Crippen LogP contribution in [0, 0.1) is 11.8 Å². The van der Waals surface area contributed by atoms with Gasteiger partial charge in [-0.25, -0.2) is 10.1 Å². The Hall–Kier alpha value is -1.39. The number of unbranched alkanes of at least 4 members (excludes halogenated alkanes) is 4. The highest BCUT2D eigenvalue weighted by atomic mass is 127. The molecule has 1 aromatic carbocycles. The molecule has 0 fully saturated rings. The van der Waals surface area contributed by atoms with Crippen molar-refractivity contribution in [3.63, 3.8) is 0 Å². The Kier molecular flexibility index (Phi) is 16.2. The number of fused-ring (bicyclic) bond motifs is 11. The van der Waals surface area contributed by atoms with Gasteiger partial charge >= 0.3 is 0 Å². The van der Waals surface area contributed by atoms with Gasteiger partial charge in [0.1, 0.15) is 18.2 Å². The molecule has 37 heavy (non-hydrogen) atoms. The third-order valence-corrected chi connectivity index (χ3v) is 7.41. The smallest absolute Gasteiger partial charge is 0.247 e. The van der Waals surface area contributed by atoms with Gasteiger partial charge in [-0.2, -0.15) is 0 Å². The van der Waals surface area contributed by atoms with Gasteiger partial charge in [0, 0.05) is 18.9 Å². The predicted molar refractivity (Wildman–Crippen MR) is 157 cm³/mol. The quantitative estimate of drug-likeness (QED) is 0.0962. The normalized spacial score (nSPS) is 20.7. The van der Waals surface area contributed by atoms with Crippen LogP contribution in [0.25, 0.3) is 0 Å². The van der Waals surface area contributed by atoms with E-state index >= 15 is 0 Å². The fourth-order valence-electron chi connectivity index (χ4n) is 4.50. The van der Waals surface area contributed by atoms with Crippen LogP contribution in [0.1, 0.15) is 70.3 Å². The minimum Gasteiger partial charge on any atom is -0.494 e. The SMILES string of the molecule is [B]CCCCCCNC(=O)[C@@H]1Cc2ccc(cc2)OCCC[C@H](C(=O)NOPI)[C@@H](CCCC)C(=O)N1. The molecule has 4 atom stereocenters. The summed E-state index contributed by atoms with van der Waals surface area (Å²) in [5, 5.41) is 5.98. The van der Waals surface area contributed by atoms with Crippen LogP contribution >= 0.6 is 28.5 Å². The lowest BCUT2D eigenvalue weighted by Gasteiger charge is -2.28. The summed E-state index contributed by atoms with van der Waals surface area (Å²) in [6, 6.07) is 6.85. The number of carbonyl (C=O) groups is 3. The van der Waals surface area contributed by atoms with Crippen molar-refractivity contribution < 1.29 is 23.7 Å². The first-order valence-electron chi connectivity index (χ1n) is 13.3. The number of hydroxylamine groups is 1. The predicted octanol–water partition coefficient (Wildman–Crippen LogP) is 4.56. The zero-order valence-electron chi connectivity index (χ0n) is 21.7. The standard InChI is InChI=1S/C26H40BIN3O5P/c1-2-3-9-21-22(25(33)31-36-37-28)10-8-17-35-20-13-11-19(12-14-20)18-23(30-24(21)32)26(34)29-16-7-5-4-6-15-27/h11-14,21-23,37H,2-10,15-18H2,1H3,(H,29,34)(H,30,32)(H,31,33)/t21-,22+,23+/m1/s1. The molecule has 1 unspecified atom stereocenters. The van der Waals surface area contributed by atoms with Gasteiger partial charge in [0.15, 0.2) is 0 Å². The highest BCUT2D eigenvalue weighted by molar-refractivity contribution is 14.2. The van der Waals surface area contributed by atoms with Crippen LogP contribution in [0.5, 0.6) is 5.75 Å². The second-order valence-corrected chi connectivity index (χ2v) is 11.1. The zero-order valence-corrected chi connectivity index (χ0v) is 24.9. The number of hydrogen-bond donors (Lipinski definition) is 3. The van der Waals surface area contributed by atoms with E-state index in [2.05, 4.69) is 23.0 Å². The minimum absolute atomic E-state index is 0.0677. The van der Waals surface area contributed by atoms with E-state index in [9.17, 15) is 14.4 Å². The van der Waals surface area contributed by atoms with E-state index in [1.165, 1.54) is 0 Å². The molecular formula is C26H40BIN3O5P. The molecule has 2 radical (unpaired) electrons. The van der Waals surface area contributed by atoms with Crippen LogP contribution in [0.2, 0.25) is 6.32 Å². The maximum atomic E-state index is 13.6. The average molecular weight is 643 g/mol. The van der Waals surface area contributed by atoms with Crippen LogP contribution in [0.3, 0.4) is 0 Å². The molecular weight excluding hydrogens is 603 g/mol. The first-order chi connectivity index (χ1) is 18.0. The van der Waals surface area contributed by atoms with Crippen LogP contribution in [0.4, 0.5) is 0 Å². The molecule has 3 amide bonds. The second-order valence-electron chi connectivity index (χ2n) is 9.39. The molecule has 1 aromatic rings. The number of rotatable bonds is 13. The Morgan fingerprint density at radius 2 is 1.92 bits per heavy atom. The van der Waals surface area contributed by atoms with Gasteiger partial charge in [0.2, 0.25) is 17.7 Å². The van der Waals surface area contributed by atoms with Crippen molar-refractivity contribution in [3.8, 4) is 5.75 Å². The summed E-state index contributed by atoms with van der Waals surface area (Å²) >= 11 is 2.03. The Labute approximate surface area is 237 Å². The van der Waals surface area contributed by atoms with Crippen molar-refractivity contribution in [1.29, 1.82) is 0 Å². The van der Waals surface area contributed by atoms with E-state index in [1.807, 2.05) is 46.3 Å². The number of amides is 3. The van der Waals surface area contributed by atoms with E-state index in [-0.39, 0.29) is 24.2 Å². The van der Waals surface area contributed by atoms with Gasteiger partial charge in [-0.1, -0.05) is 57.5 Å². The molecule has 0 aromatic heterocycles. The highest BCUT2D eigenvalue weighted by Crippen LogP contribution is 2.27. The Balaban J connectivity index is 2.24. The van der Waals surface area contributed by atoms with Crippen molar-refractivity contribution in [2.45, 2.75) is 83.5 Å². The molecule has 2 heterocycles. The minimum atomic E-state index is -0.744. The number of nitrogens with one attached hydrogen (secondary N) is 3. The monoisotopic (exact) mass is 643 g/mol. The zero-order chi connectivity index (χ0) is 26.9. The molecule has 2 aliphatic heterocycles. The van der Waals surface area contributed by atoms with Gasteiger partial charge < -0.3 is 15.4 Å². The Morgan fingerprint density at radius 3 is 2.62 bits per heavy atom. The third-order valence-electron chi connectivity index (χ3n) is 6.57. The van der Waals surface area contributed by atoms with Gasteiger partial charge in [0.05, 0.1) is 20.4 Å². The van der Waals surface area contributed by atoms with E-state index in [0.717, 1.165) is 49.8 Å². The van der Waals surface area contributed by atoms with Crippen LogP contribution in [-0.2, 0) is 25.4 Å². The van der Waals surface area contributed by atoms with E-state index in [0.29, 0.717) is 45.2 Å². The van der Waals surface area contributed by atoms with Gasteiger partial charge in [-0.05, 0) is 65.4 Å². The number of benzene rings is 1. The second kappa shape index (κ2) is 18.8. The molecule has 2 bridgehead atoms. The molecule has 0 spiro atoms. The van der Waals surface area contributed by atoms with E-state index in [4.69, 9.17) is 17.2 Å². The summed E-state index contributed by atoms with van der Waals surface area (Å²) in [5.41, 5.74) is 3.42. The molecule has 3 rings (SSSR count). The summed E-state index contributed by atoms with van der Waals surface area (Å²) in [6.07, 6.45) is 8.21. The topological polar surface area (TPSA) is 106 Å². The fourth-order valence-corrected chi connectivity index (χ4v) is 4.97. The highest BCUT2D eigenvalue weighted by Gasteiger charge is 2.35. The summed E-state index contributed by atoms with van der Waals surface area (Å²) in [6.45, 7) is 3.10. The number of halogens is 1. The van der Waals surface area contributed by atoms with Crippen LogP contribution in [-0.4, -0.2) is 44.8 Å². The largest absolute Gasteiger partial charge is 0.494 e. The maximum absolute atomic E-state index is 13.6. The molecule has 0 saturated carbocycles. The van der Waals surface area contributed by atoms with Crippen LogP contribution < -0.4 is 20.9 Å². The number of hydrogen-bond acceptors (Lipinski definition) is 5. The van der Waals surface area contributed by atoms with Crippen molar-refractivity contribution in [1.82, 2.24) is 16.1 Å². The molecule has 0 aliphatic carbocycles. The first kappa shape index (κ1) is 31.8. The third kappa shape index (κ3) is 11.9.